The molecule has 1 aliphatic rings. The number of nitriles is 1. The van der Waals surface area contributed by atoms with Crippen molar-refractivity contribution in [2.24, 2.45) is 0 Å². The van der Waals surface area contributed by atoms with Gasteiger partial charge in [-0.05, 0) is 6.07 Å². The molecule has 0 aromatic heterocycles. The molecule has 1 saturated heterocycles. The third-order valence-corrected chi connectivity index (χ3v) is 3.38. The van der Waals surface area contributed by atoms with E-state index in [2.05, 4.69) is 5.32 Å². The van der Waals surface area contributed by atoms with Gasteiger partial charge in [-0.15, -0.1) is 0 Å². The van der Waals surface area contributed by atoms with Crippen LogP contribution in [0.3, 0.4) is 0 Å². The van der Waals surface area contributed by atoms with Crippen molar-refractivity contribution >= 4 is 11.9 Å². The Morgan fingerprint density at radius 1 is 1.57 bits per heavy atom. The Morgan fingerprint density at radius 3 is 3.00 bits per heavy atom. The summed E-state index contributed by atoms with van der Waals surface area (Å²) in [6, 6.07) is 5.39. The first-order valence-electron chi connectivity index (χ1n) is 6.44. The maximum atomic E-state index is 14.0. The number of halogens is 1. The number of carboxylic acids is 1. The maximum Gasteiger partial charge on any atom is 0.305 e. The van der Waals surface area contributed by atoms with Gasteiger partial charge in [-0.3, -0.25) is 14.5 Å². The van der Waals surface area contributed by atoms with Crippen molar-refractivity contribution in [1.82, 2.24) is 10.2 Å². The van der Waals surface area contributed by atoms with Crippen molar-refractivity contribution in [2.75, 3.05) is 13.1 Å². The molecular formula is C14H14FN3O3. The molecule has 1 atom stereocenters. The van der Waals surface area contributed by atoms with E-state index in [4.69, 9.17) is 10.4 Å². The lowest BCUT2D eigenvalue weighted by atomic mass is 10.1. The van der Waals surface area contributed by atoms with Crippen LogP contribution in [0.5, 0.6) is 0 Å². The fourth-order valence-electron chi connectivity index (χ4n) is 2.35. The number of nitrogens with one attached hydrogen (secondary N) is 1. The van der Waals surface area contributed by atoms with Crippen molar-refractivity contribution in [3.05, 3.63) is 35.1 Å². The molecule has 1 unspecified atom stereocenters. The van der Waals surface area contributed by atoms with Gasteiger partial charge >= 0.3 is 5.97 Å². The van der Waals surface area contributed by atoms with Crippen LogP contribution in [0.1, 0.15) is 17.5 Å². The van der Waals surface area contributed by atoms with Gasteiger partial charge in [-0.1, -0.05) is 12.1 Å². The van der Waals surface area contributed by atoms with E-state index in [0.717, 1.165) is 0 Å². The van der Waals surface area contributed by atoms with Crippen LogP contribution in [-0.4, -0.2) is 41.0 Å². The number of carboxylic acid groups (broad SMARTS) is 1. The van der Waals surface area contributed by atoms with Crippen LogP contribution < -0.4 is 5.32 Å². The summed E-state index contributed by atoms with van der Waals surface area (Å²) in [6.07, 6.45) is -0.342. The summed E-state index contributed by atoms with van der Waals surface area (Å²) in [4.78, 5) is 24.2. The van der Waals surface area contributed by atoms with E-state index in [9.17, 15) is 14.0 Å². The van der Waals surface area contributed by atoms with Gasteiger partial charge in [-0.2, -0.15) is 5.26 Å². The number of rotatable bonds is 4. The molecule has 7 heteroatoms. The second-order valence-electron chi connectivity index (χ2n) is 4.77. The van der Waals surface area contributed by atoms with Crippen LogP contribution in [0, 0.1) is 17.1 Å². The molecule has 0 aliphatic carbocycles. The molecule has 110 valence electrons. The molecule has 1 aromatic carbocycles. The highest BCUT2D eigenvalue weighted by Crippen LogP contribution is 2.18. The number of aliphatic carboxylic acids is 1. The first-order valence-corrected chi connectivity index (χ1v) is 6.44. The Kier molecular flexibility index (Phi) is 4.50. The molecule has 1 aromatic rings. The zero-order chi connectivity index (χ0) is 15.4. The Bertz CT molecular complexity index is 612. The summed E-state index contributed by atoms with van der Waals surface area (Å²) in [5.74, 6) is -2.09. The number of carbonyl (C=O) groups excluding carboxylic acids is 1. The molecule has 0 saturated carbocycles. The second-order valence-corrected chi connectivity index (χ2v) is 4.77. The van der Waals surface area contributed by atoms with E-state index in [1.165, 1.54) is 12.1 Å². The summed E-state index contributed by atoms with van der Waals surface area (Å²) < 4.78 is 14.0. The third kappa shape index (κ3) is 3.35. The monoisotopic (exact) mass is 291 g/mol. The predicted molar refractivity (Wildman–Crippen MR) is 70.6 cm³/mol. The first-order chi connectivity index (χ1) is 10.0. The van der Waals surface area contributed by atoms with E-state index >= 15 is 0 Å². The molecule has 2 N–H and O–H groups in total. The molecule has 0 bridgehead atoms. The van der Waals surface area contributed by atoms with Crippen LogP contribution in [-0.2, 0) is 16.1 Å². The van der Waals surface area contributed by atoms with Crippen LogP contribution in [0.4, 0.5) is 4.39 Å². The van der Waals surface area contributed by atoms with Crippen LogP contribution in [0.2, 0.25) is 0 Å². The van der Waals surface area contributed by atoms with Crippen molar-refractivity contribution in [1.29, 1.82) is 5.26 Å². The van der Waals surface area contributed by atoms with Gasteiger partial charge in [0.2, 0.25) is 5.91 Å². The van der Waals surface area contributed by atoms with E-state index in [1.54, 1.807) is 17.0 Å². The Hall–Kier alpha value is -2.46. The predicted octanol–water partition coefficient (Wildman–Crippen LogP) is 0.472. The van der Waals surface area contributed by atoms with Crippen LogP contribution in [0.25, 0.3) is 0 Å². The fraction of sp³-hybridized carbons (Fsp3) is 0.357. The standard InChI is InChI=1S/C14H14FN3O3/c15-13-9(7-16)2-1-3-10(13)8-18-5-4-17-14(21)11(18)6-12(19)20/h1-3,11H,4-6,8H2,(H,17,21)(H,19,20). The number of nitrogens with zero attached hydrogens (tertiary/aromatic N) is 2. The molecule has 1 fully saturated rings. The number of amides is 1. The minimum Gasteiger partial charge on any atom is -0.481 e. The minimum absolute atomic E-state index is 0.0660. The number of hydrogen-bond donors (Lipinski definition) is 2. The molecule has 6 nitrogen and oxygen atoms in total. The average molecular weight is 291 g/mol. The van der Waals surface area contributed by atoms with Gasteiger partial charge in [0.1, 0.15) is 17.9 Å². The van der Waals surface area contributed by atoms with Crippen molar-refractivity contribution in [3.8, 4) is 6.07 Å². The molecule has 21 heavy (non-hydrogen) atoms. The topological polar surface area (TPSA) is 93.4 Å². The van der Waals surface area contributed by atoms with E-state index in [-0.39, 0.29) is 30.0 Å². The zero-order valence-electron chi connectivity index (χ0n) is 11.2. The van der Waals surface area contributed by atoms with Gasteiger partial charge in [0.25, 0.3) is 0 Å². The third-order valence-electron chi connectivity index (χ3n) is 3.38. The van der Waals surface area contributed by atoms with Crippen LogP contribution in [0.15, 0.2) is 18.2 Å². The minimum atomic E-state index is -1.09. The van der Waals surface area contributed by atoms with Gasteiger partial charge in [0.05, 0.1) is 12.0 Å². The lowest BCUT2D eigenvalue weighted by molar-refractivity contribution is -0.143. The van der Waals surface area contributed by atoms with Gasteiger partial charge < -0.3 is 10.4 Å². The molecule has 1 aliphatic heterocycles. The molecule has 1 amide bonds. The number of benzene rings is 1. The molecule has 1 heterocycles. The van der Waals surface area contributed by atoms with Gasteiger partial charge in [0.15, 0.2) is 0 Å². The highest BCUT2D eigenvalue weighted by Gasteiger charge is 2.32. The normalized spacial score (nSPS) is 18.9. The molecular weight excluding hydrogens is 277 g/mol. The molecule has 0 spiro atoms. The van der Waals surface area contributed by atoms with Crippen molar-refractivity contribution < 1.29 is 19.1 Å². The molecule has 2 rings (SSSR count). The fourth-order valence-corrected chi connectivity index (χ4v) is 2.35. The van der Waals surface area contributed by atoms with Gasteiger partial charge in [0, 0.05) is 25.2 Å². The second kappa shape index (κ2) is 6.33. The number of hydrogen-bond acceptors (Lipinski definition) is 4. The number of carbonyl (C=O) groups is 2. The van der Waals surface area contributed by atoms with E-state index in [0.29, 0.717) is 13.1 Å². The zero-order valence-corrected chi connectivity index (χ0v) is 11.2. The molecule has 0 radical (unpaired) electrons. The summed E-state index contributed by atoms with van der Waals surface area (Å²) in [7, 11) is 0. The van der Waals surface area contributed by atoms with Crippen molar-refractivity contribution in [3.63, 3.8) is 0 Å². The van der Waals surface area contributed by atoms with E-state index in [1.807, 2.05) is 0 Å². The summed E-state index contributed by atoms with van der Waals surface area (Å²) in [5, 5.41) is 20.3. The van der Waals surface area contributed by atoms with Crippen LogP contribution >= 0.6 is 0 Å². The summed E-state index contributed by atoms with van der Waals surface area (Å²) in [6.45, 7) is 0.904. The van der Waals surface area contributed by atoms with Gasteiger partial charge in [-0.25, -0.2) is 4.39 Å². The summed E-state index contributed by atoms with van der Waals surface area (Å²) in [5.41, 5.74) is 0.211. The quantitative estimate of drug-likeness (QED) is 0.841. The van der Waals surface area contributed by atoms with Crippen molar-refractivity contribution in [2.45, 2.75) is 19.0 Å². The summed E-state index contributed by atoms with van der Waals surface area (Å²) >= 11 is 0. The Balaban J connectivity index is 2.22. The highest BCUT2D eigenvalue weighted by atomic mass is 19.1. The Morgan fingerprint density at radius 2 is 2.33 bits per heavy atom. The maximum absolute atomic E-state index is 14.0. The largest absolute Gasteiger partial charge is 0.481 e. The first kappa shape index (κ1) is 14.9. The number of piperazine rings is 1. The van der Waals surface area contributed by atoms with E-state index < -0.39 is 17.8 Å². The lowest BCUT2D eigenvalue weighted by Gasteiger charge is -2.34. The average Bonchev–Trinajstić information content (AvgIpc) is 2.44. The smallest absolute Gasteiger partial charge is 0.305 e. The Labute approximate surface area is 120 Å². The lowest BCUT2D eigenvalue weighted by Crippen LogP contribution is -2.55. The highest BCUT2D eigenvalue weighted by molar-refractivity contribution is 5.86. The SMILES string of the molecule is N#Cc1cccc(CN2CCNC(=O)C2CC(=O)O)c1F.